The summed E-state index contributed by atoms with van der Waals surface area (Å²) in [5, 5.41) is 0. The molecule has 2 rings (SSSR count). The molecule has 1 fully saturated rings. The van der Waals surface area contributed by atoms with Crippen LogP contribution in [0, 0.1) is 5.92 Å². The van der Waals surface area contributed by atoms with Gasteiger partial charge in [-0.25, -0.2) is 0 Å². The summed E-state index contributed by atoms with van der Waals surface area (Å²) >= 11 is 0. The van der Waals surface area contributed by atoms with Crippen molar-refractivity contribution in [3.63, 3.8) is 0 Å². The van der Waals surface area contributed by atoms with Gasteiger partial charge < -0.3 is 15.4 Å². The number of amides is 1. The van der Waals surface area contributed by atoms with Crippen molar-refractivity contribution in [2.24, 2.45) is 5.92 Å². The van der Waals surface area contributed by atoms with Gasteiger partial charge in [-0.1, -0.05) is 19.8 Å². The van der Waals surface area contributed by atoms with E-state index < -0.39 is 0 Å². The Labute approximate surface area is 127 Å². The van der Waals surface area contributed by atoms with E-state index in [-0.39, 0.29) is 12.0 Å². The number of anilines is 1. The maximum atomic E-state index is 12.0. The minimum atomic E-state index is -0.0325. The molecule has 1 saturated carbocycles. The molecule has 4 nitrogen and oxygen atoms in total. The van der Waals surface area contributed by atoms with Crippen LogP contribution in [0.15, 0.2) is 18.2 Å². The van der Waals surface area contributed by atoms with Crippen molar-refractivity contribution in [1.82, 2.24) is 4.90 Å². The summed E-state index contributed by atoms with van der Waals surface area (Å²) in [6.45, 7) is 2.23. The SMILES string of the molecule is CCC1CCCC(Oc2cc(C(=O)N(C)C)ccc2N)C1. The summed E-state index contributed by atoms with van der Waals surface area (Å²) in [5.41, 5.74) is 7.22. The van der Waals surface area contributed by atoms with E-state index in [2.05, 4.69) is 6.92 Å². The molecule has 2 N–H and O–H groups in total. The van der Waals surface area contributed by atoms with Gasteiger partial charge in [0.05, 0.1) is 11.8 Å². The van der Waals surface area contributed by atoms with Crippen molar-refractivity contribution in [2.75, 3.05) is 19.8 Å². The van der Waals surface area contributed by atoms with E-state index in [4.69, 9.17) is 10.5 Å². The third-order valence-corrected chi connectivity index (χ3v) is 4.27. The molecule has 0 spiro atoms. The van der Waals surface area contributed by atoms with E-state index in [1.165, 1.54) is 19.3 Å². The van der Waals surface area contributed by atoms with Gasteiger partial charge in [-0.05, 0) is 43.4 Å². The molecule has 0 aliphatic heterocycles. The van der Waals surface area contributed by atoms with Gasteiger partial charge in [0, 0.05) is 19.7 Å². The lowest BCUT2D eigenvalue weighted by atomic mass is 9.85. The number of carbonyl (C=O) groups excluding carboxylic acids is 1. The summed E-state index contributed by atoms with van der Waals surface area (Å²) in [4.78, 5) is 13.6. The summed E-state index contributed by atoms with van der Waals surface area (Å²) in [6, 6.07) is 5.28. The summed E-state index contributed by atoms with van der Waals surface area (Å²) in [6.07, 6.45) is 6.08. The first-order chi connectivity index (χ1) is 10.0. The zero-order valence-electron chi connectivity index (χ0n) is 13.3. The Bertz CT molecular complexity index is 500. The van der Waals surface area contributed by atoms with Crippen LogP contribution in [0.5, 0.6) is 5.75 Å². The lowest BCUT2D eigenvalue weighted by Crippen LogP contribution is -2.26. The van der Waals surface area contributed by atoms with Crippen LogP contribution in [-0.2, 0) is 0 Å². The molecule has 0 radical (unpaired) electrons. The number of hydrogen-bond acceptors (Lipinski definition) is 3. The van der Waals surface area contributed by atoms with Gasteiger partial charge in [0.15, 0.2) is 0 Å². The predicted octanol–water partition coefficient (Wildman–Crippen LogP) is 3.32. The third-order valence-electron chi connectivity index (χ3n) is 4.27. The highest BCUT2D eigenvalue weighted by Crippen LogP contribution is 2.32. The fourth-order valence-corrected chi connectivity index (χ4v) is 2.93. The van der Waals surface area contributed by atoms with Gasteiger partial charge in [-0.2, -0.15) is 0 Å². The number of carbonyl (C=O) groups is 1. The summed E-state index contributed by atoms with van der Waals surface area (Å²) < 4.78 is 6.09. The zero-order chi connectivity index (χ0) is 15.4. The number of nitrogens with two attached hydrogens (primary N) is 1. The zero-order valence-corrected chi connectivity index (χ0v) is 13.3. The fourth-order valence-electron chi connectivity index (χ4n) is 2.93. The quantitative estimate of drug-likeness (QED) is 0.865. The molecule has 0 saturated heterocycles. The van der Waals surface area contributed by atoms with Crippen molar-refractivity contribution in [1.29, 1.82) is 0 Å². The van der Waals surface area contributed by atoms with E-state index >= 15 is 0 Å². The molecule has 116 valence electrons. The Hall–Kier alpha value is -1.71. The average molecular weight is 290 g/mol. The van der Waals surface area contributed by atoms with Gasteiger partial charge in [0.25, 0.3) is 5.91 Å². The number of hydrogen-bond donors (Lipinski definition) is 1. The van der Waals surface area contributed by atoms with E-state index in [1.54, 1.807) is 37.2 Å². The van der Waals surface area contributed by atoms with E-state index in [0.29, 0.717) is 17.0 Å². The van der Waals surface area contributed by atoms with Crippen LogP contribution in [0.1, 0.15) is 49.4 Å². The largest absolute Gasteiger partial charge is 0.488 e. The lowest BCUT2D eigenvalue weighted by molar-refractivity contribution is 0.0825. The molecular weight excluding hydrogens is 264 g/mol. The standard InChI is InChI=1S/C17H26N2O2/c1-4-12-6-5-7-14(10-12)21-16-11-13(8-9-15(16)18)17(20)19(2)3/h8-9,11-12,14H,4-7,10,18H2,1-3H3. The van der Waals surface area contributed by atoms with Crippen LogP contribution in [0.4, 0.5) is 5.69 Å². The minimum absolute atomic E-state index is 0.0325. The van der Waals surface area contributed by atoms with Crippen molar-refractivity contribution in [3.8, 4) is 5.75 Å². The summed E-state index contributed by atoms with van der Waals surface area (Å²) in [7, 11) is 3.48. The van der Waals surface area contributed by atoms with Crippen LogP contribution in [0.3, 0.4) is 0 Å². The van der Waals surface area contributed by atoms with Crippen LogP contribution in [0.2, 0.25) is 0 Å². The molecule has 0 bridgehead atoms. The molecule has 1 aliphatic rings. The Kier molecular flexibility index (Phi) is 5.10. The highest BCUT2D eigenvalue weighted by molar-refractivity contribution is 5.94. The molecule has 2 unspecified atom stereocenters. The molecule has 4 heteroatoms. The average Bonchev–Trinajstić information content (AvgIpc) is 2.49. The van der Waals surface area contributed by atoms with Crippen molar-refractivity contribution in [3.05, 3.63) is 23.8 Å². The maximum Gasteiger partial charge on any atom is 0.253 e. The van der Waals surface area contributed by atoms with E-state index in [0.717, 1.165) is 18.8 Å². The first-order valence-corrected chi connectivity index (χ1v) is 7.79. The van der Waals surface area contributed by atoms with Gasteiger partial charge in [0.2, 0.25) is 0 Å². The first-order valence-electron chi connectivity index (χ1n) is 7.79. The van der Waals surface area contributed by atoms with Crippen molar-refractivity contribution in [2.45, 2.75) is 45.1 Å². The Morgan fingerprint density at radius 1 is 1.38 bits per heavy atom. The molecule has 1 amide bonds. The van der Waals surface area contributed by atoms with Gasteiger partial charge in [-0.15, -0.1) is 0 Å². The molecule has 0 heterocycles. The molecule has 1 aliphatic carbocycles. The molecule has 0 aromatic heterocycles. The molecular formula is C17H26N2O2. The molecule has 2 atom stereocenters. The fraction of sp³-hybridized carbons (Fsp3) is 0.588. The Morgan fingerprint density at radius 3 is 2.81 bits per heavy atom. The van der Waals surface area contributed by atoms with Crippen LogP contribution >= 0.6 is 0 Å². The number of rotatable bonds is 4. The molecule has 21 heavy (non-hydrogen) atoms. The third kappa shape index (κ3) is 3.90. The summed E-state index contributed by atoms with van der Waals surface area (Å²) in [5.74, 6) is 1.36. The number of benzene rings is 1. The lowest BCUT2D eigenvalue weighted by Gasteiger charge is -2.29. The highest BCUT2D eigenvalue weighted by Gasteiger charge is 2.23. The second kappa shape index (κ2) is 6.83. The molecule has 1 aromatic rings. The number of nitrogens with zero attached hydrogens (tertiary/aromatic N) is 1. The smallest absolute Gasteiger partial charge is 0.253 e. The first kappa shape index (κ1) is 15.7. The second-order valence-electron chi connectivity index (χ2n) is 6.13. The molecule has 1 aromatic carbocycles. The monoisotopic (exact) mass is 290 g/mol. The highest BCUT2D eigenvalue weighted by atomic mass is 16.5. The van der Waals surface area contributed by atoms with Gasteiger partial charge in [0.1, 0.15) is 5.75 Å². The van der Waals surface area contributed by atoms with Gasteiger partial charge in [-0.3, -0.25) is 4.79 Å². The number of ether oxygens (including phenoxy) is 1. The Morgan fingerprint density at radius 2 is 2.14 bits per heavy atom. The van der Waals surface area contributed by atoms with E-state index in [1.807, 2.05) is 0 Å². The van der Waals surface area contributed by atoms with Crippen LogP contribution in [0.25, 0.3) is 0 Å². The normalized spacial score (nSPS) is 21.9. The van der Waals surface area contributed by atoms with Crippen LogP contribution in [-0.4, -0.2) is 31.0 Å². The predicted molar refractivity (Wildman–Crippen MR) is 85.5 cm³/mol. The second-order valence-corrected chi connectivity index (χ2v) is 6.13. The maximum absolute atomic E-state index is 12.0. The topological polar surface area (TPSA) is 55.6 Å². The number of nitrogen functional groups attached to an aromatic ring is 1. The van der Waals surface area contributed by atoms with Crippen molar-refractivity contribution < 1.29 is 9.53 Å². The minimum Gasteiger partial charge on any atom is -0.488 e. The van der Waals surface area contributed by atoms with Crippen molar-refractivity contribution >= 4 is 11.6 Å². The van der Waals surface area contributed by atoms with Crippen LogP contribution < -0.4 is 10.5 Å². The van der Waals surface area contributed by atoms with E-state index in [9.17, 15) is 4.79 Å². The van der Waals surface area contributed by atoms with Gasteiger partial charge >= 0.3 is 0 Å². The Balaban J connectivity index is 2.12.